The molecule has 0 aromatic heterocycles. The van der Waals surface area contributed by atoms with Crippen molar-refractivity contribution in [1.82, 2.24) is 10.2 Å². The minimum absolute atomic E-state index is 0.203. The van der Waals surface area contributed by atoms with Gasteiger partial charge in [-0.3, -0.25) is 15.0 Å². The van der Waals surface area contributed by atoms with E-state index in [0.29, 0.717) is 17.2 Å². The molecule has 1 aromatic carbocycles. The highest BCUT2D eigenvalue weighted by atomic mass is 16.7. The molecule has 1 aromatic rings. The van der Waals surface area contributed by atoms with E-state index in [4.69, 9.17) is 9.47 Å². The number of carbonyl (C=O) groups excluding carboxylic acids is 2. The van der Waals surface area contributed by atoms with Gasteiger partial charge < -0.3 is 9.47 Å². The predicted octanol–water partition coefficient (Wildman–Crippen LogP) is 0.938. The van der Waals surface area contributed by atoms with Gasteiger partial charge in [-0.2, -0.15) is 0 Å². The SMILES string of the molecule is CN1C(=O)NC(=O)/C1=C\c1ccc2c(c1)OCO2. The van der Waals surface area contributed by atoms with Crippen LogP contribution in [0.4, 0.5) is 4.79 Å². The smallest absolute Gasteiger partial charge is 0.328 e. The summed E-state index contributed by atoms with van der Waals surface area (Å²) in [6.45, 7) is 0.203. The van der Waals surface area contributed by atoms with Gasteiger partial charge in [0.25, 0.3) is 5.91 Å². The van der Waals surface area contributed by atoms with E-state index in [1.807, 2.05) is 0 Å². The van der Waals surface area contributed by atoms with E-state index in [0.717, 1.165) is 5.56 Å². The fourth-order valence-corrected chi connectivity index (χ4v) is 1.83. The summed E-state index contributed by atoms with van der Waals surface area (Å²) in [7, 11) is 1.54. The van der Waals surface area contributed by atoms with Crippen molar-refractivity contribution in [1.29, 1.82) is 0 Å². The van der Waals surface area contributed by atoms with Crippen LogP contribution in [0.1, 0.15) is 5.56 Å². The summed E-state index contributed by atoms with van der Waals surface area (Å²) in [6.07, 6.45) is 1.63. The van der Waals surface area contributed by atoms with Crippen molar-refractivity contribution in [3.8, 4) is 11.5 Å². The standard InChI is InChI=1S/C12H10N2O4/c1-14-8(11(15)13-12(14)16)4-7-2-3-9-10(5-7)18-6-17-9/h2-5H,6H2,1H3,(H,13,15,16)/b8-4+. The maximum atomic E-state index is 11.5. The van der Waals surface area contributed by atoms with Crippen molar-refractivity contribution >= 4 is 18.0 Å². The van der Waals surface area contributed by atoms with Gasteiger partial charge in [0.15, 0.2) is 11.5 Å². The molecule has 1 saturated heterocycles. The molecule has 0 aliphatic carbocycles. The Hall–Kier alpha value is -2.50. The molecule has 6 nitrogen and oxygen atoms in total. The van der Waals surface area contributed by atoms with Crippen LogP contribution in [0.3, 0.4) is 0 Å². The molecule has 2 aliphatic rings. The number of amides is 3. The van der Waals surface area contributed by atoms with Crippen LogP contribution in [0.25, 0.3) is 6.08 Å². The summed E-state index contributed by atoms with van der Waals surface area (Å²) in [5, 5.41) is 2.21. The number of hydrogen-bond donors (Lipinski definition) is 1. The van der Waals surface area contributed by atoms with E-state index in [1.54, 1.807) is 31.3 Å². The van der Waals surface area contributed by atoms with Crippen molar-refractivity contribution in [3.63, 3.8) is 0 Å². The van der Waals surface area contributed by atoms with Gasteiger partial charge >= 0.3 is 6.03 Å². The molecule has 92 valence electrons. The summed E-state index contributed by atoms with van der Waals surface area (Å²) in [4.78, 5) is 24.1. The molecule has 6 heteroatoms. The molecule has 1 fully saturated rings. The molecule has 2 aliphatic heterocycles. The van der Waals surface area contributed by atoms with Crippen molar-refractivity contribution in [2.24, 2.45) is 0 Å². The summed E-state index contributed by atoms with van der Waals surface area (Å²) in [5.74, 6) is 0.911. The van der Waals surface area contributed by atoms with E-state index in [1.165, 1.54) is 4.90 Å². The largest absolute Gasteiger partial charge is 0.454 e. The fourth-order valence-electron chi connectivity index (χ4n) is 1.83. The number of benzene rings is 1. The van der Waals surface area contributed by atoms with Crippen molar-refractivity contribution in [2.75, 3.05) is 13.8 Å². The number of rotatable bonds is 1. The quantitative estimate of drug-likeness (QED) is 0.591. The minimum atomic E-state index is -0.424. The molecule has 0 bridgehead atoms. The van der Waals surface area contributed by atoms with Crippen LogP contribution in [-0.2, 0) is 4.79 Å². The third-order valence-corrected chi connectivity index (χ3v) is 2.82. The number of imide groups is 1. The Balaban J connectivity index is 1.97. The first kappa shape index (κ1) is 10.6. The lowest BCUT2D eigenvalue weighted by atomic mass is 10.1. The number of nitrogens with zero attached hydrogens (tertiary/aromatic N) is 1. The molecule has 1 N–H and O–H groups in total. The van der Waals surface area contributed by atoms with Gasteiger partial charge in [-0.25, -0.2) is 4.79 Å². The third kappa shape index (κ3) is 1.58. The molecule has 0 unspecified atom stereocenters. The van der Waals surface area contributed by atoms with Crippen molar-refractivity contribution in [3.05, 3.63) is 29.5 Å². The molecule has 2 heterocycles. The van der Waals surface area contributed by atoms with Crippen LogP contribution in [-0.4, -0.2) is 30.7 Å². The van der Waals surface area contributed by atoms with Gasteiger partial charge in [-0.05, 0) is 23.8 Å². The number of likely N-dealkylation sites (N-methyl/N-ethyl adjacent to an activating group) is 1. The second kappa shape index (κ2) is 3.76. The van der Waals surface area contributed by atoms with Crippen LogP contribution in [0.15, 0.2) is 23.9 Å². The lowest BCUT2D eigenvalue weighted by molar-refractivity contribution is -0.115. The molecular weight excluding hydrogens is 236 g/mol. The van der Waals surface area contributed by atoms with Gasteiger partial charge in [0, 0.05) is 7.05 Å². The Morgan fingerprint density at radius 1 is 1.28 bits per heavy atom. The molecule has 3 rings (SSSR count). The highest BCUT2D eigenvalue weighted by Crippen LogP contribution is 2.33. The number of ether oxygens (including phenoxy) is 2. The monoisotopic (exact) mass is 246 g/mol. The molecule has 18 heavy (non-hydrogen) atoms. The summed E-state index contributed by atoms with van der Waals surface area (Å²) < 4.78 is 10.4. The average molecular weight is 246 g/mol. The highest BCUT2D eigenvalue weighted by molar-refractivity contribution is 6.13. The van der Waals surface area contributed by atoms with E-state index < -0.39 is 11.9 Å². The number of nitrogens with one attached hydrogen (secondary N) is 1. The second-order valence-electron chi connectivity index (χ2n) is 3.96. The van der Waals surface area contributed by atoms with E-state index in [-0.39, 0.29) is 6.79 Å². The maximum Gasteiger partial charge on any atom is 0.328 e. The molecule has 0 atom stereocenters. The van der Waals surface area contributed by atoms with Gasteiger partial charge in [-0.1, -0.05) is 6.07 Å². The summed E-state index contributed by atoms with van der Waals surface area (Å²) >= 11 is 0. The Labute approximate surface area is 103 Å². The van der Waals surface area contributed by atoms with Crippen molar-refractivity contribution in [2.45, 2.75) is 0 Å². The first-order chi connectivity index (χ1) is 8.65. The maximum absolute atomic E-state index is 11.5. The normalized spacial score (nSPS) is 19.6. The summed E-state index contributed by atoms with van der Waals surface area (Å²) in [6, 6.07) is 4.90. The topological polar surface area (TPSA) is 67.9 Å². The van der Waals surface area contributed by atoms with Crippen LogP contribution in [0.5, 0.6) is 11.5 Å². The molecule has 0 radical (unpaired) electrons. The predicted molar refractivity (Wildman–Crippen MR) is 61.8 cm³/mol. The van der Waals surface area contributed by atoms with E-state index in [2.05, 4.69) is 5.32 Å². The van der Waals surface area contributed by atoms with Gasteiger partial charge in [0.05, 0.1) is 0 Å². The zero-order valence-electron chi connectivity index (χ0n) is 9.60. The van der Waals surface area contributed by atoms with Gasteiger partial charge in [-0.15, -0.1) is 0 Å². The van der Waals surface area contributed by atoms with Crippen LogP contribution >= 0.6 is 0 Å². The second-order valence-corrected chi connectivity index (χ2v) is 3.96. The summed E-state index contributed by atoms with van der Waals surface area (Å²) in [5.41, 5.74) is 1.07. The average Bonchev–Trinajstić information content (AvgIpc) is 2.89. The zero-order valence-corrected chi connectivity index (χ0v) is 9.60. The van der Waals surface area contributed by atoms with Crippen molar-refractivity contribution < 1.29 is 19.1 Å². The first-order valence-corrected chi connectivity index (χ1v) is 5.35. The highest BCUT2D eigenvalue weighted by Gasteiger charge is 2.29. The Morgan fingerprint density at radius 2 is 2.06 bits per heavy atom. The number of urea groups is 1. The number of fused-ring (bicyclic) bond motifs is 1. The van der Waals surface area contributed by atoms with Crippen LogP contribution in [0, 0.1) is 0 Å². The van der Waals surface area contributed by atoms with Crippen LogP contribution in [0.2, 0.25) is 0 Å². The van der Waals surface area contributed by atoms with E-state index >= 15 is 0 Å². The molecule has 0 saturated carbocycles. The lowest BCUT2D eigenvalue weighted by Crippen LogP contribution is -2.24. The van der Waals surface area contributed by atoms with Gasteiger partial charge in [0.1, 0.15) is 5.70 Å². The number of carbonyl (C=O) groups is 2. The third-order valence-electron chi connectivity index (χ3n) is 2.82. The fraction of sp³-hybridized carbons (Fsp3) is 0.167. The Kier molecular flexibility index (Phi) is 2.22. The molecular formula is C12H10N2O4. The number of hydrogen-bond acceptors (Lipinski definition) is 4. The van der Waals surface area contributed by atoms with Gasteiger partial charge in [0.2, 0.25) is 6.79 Å². The van der Waals surface area contributed by atoms with E-state index in [9.17, 15) is 9.59 Å². The molecule has 3 amide bonds. The zero-order chi connectivity index (χ0) is 12.7. The molecule has 0 spiro atoms. The lowest BCUT2D eigenvalue weighted by Gasteiger charge is -2.06. The Morgan fingerprint density at radius 3 is 2.78 bits per heavy atom. The first-order valence-electron chi connectivity index (χ1n) is 5.35. The minimum Gasteiger partial charge on any atom is -0.454 e. The van der Waals surface area contributed by atoms with Crippen LogP contribution < -0.4 is 14.8 Å². The Bertz CT molecular complexity index is 579.